The predicted octanol–water partition coefficient (Wildman–Crippen LogP) is 7.86. The van der Waals surface area contributed by atoms with E-state index in [1.54, 1.807) is 23.6 Å². The summed E-state index contributed by atoms with van der Waals surface area (Å²) in [7, 11) is 0. The molecule has 6 aromatic rings. The van der Waals surface area contributed by atoms with E-state index >= 15 is 0 Å². The molecule has 1 N–H and O–H groups in total. The van der Waals surface area contributed by atoms with Crippen molar-refractivity contribution in [2.75, 3.05) is 0 Å². The number of thiazole rings is 1. The maximum absolute atomic E-state index is 10.4. The van der Waals surface area contributed by atoms with E-state index in [1.807, 2.05) is 60.7 Å². The zero-order valence-electron chi connectivity index (χ0n) is 18.5. The Morgan fingerprint density at radius 2 is 1.43 bits per heavy atom. The first kappa shape index (κ1) is 23.2. The molecule has 172 valence electrons. The number of pyridine rings is 1. The minimum absolute atomic E-state index is 0. The second-order valence-electron chi connectivity index (χ2n) is 7.97. The van der Waals surface area contributed by atoms with Crippen LogP contribution in [0.5, 0.6) is 5.75 Å². The molecule has 4 aromatic carbocycles. The molecule has 0 aliphatic rings. The number of rotatable bonds is 4. The van der Waals surface area contributed by atoms with Crippen molar-refractivity contribution >= 4 is 21.6 Å². The van der Waals surface area contributed by atoms with E-state index in [2.05, 4.69) is 47.4 Å². The molecular weight excluding hydrogens is 631 g/mol. The third-order valence-electron chi connectivity index (χ3n) is 5.76. The molecule has 35 heavy (non-hydrogen) atoms. The van der Waals surface area contributed by atoms with Crippen molar-refractivity contribution in [2.24, 2.45) is 0 Å². The van der Waals surface area contributed by atoms with Gasteiger partial charge in [0.15, 0.2) is 0 Å². The summed E-state index contributed by atoms with van der Waals surface area (Å²) in [6.07, 6.45) is 1.80. The number of phenolic OH excluding ortho intramolecular Hbond substituents is 1. The molecule has 0 aliphatic carbocycles. The number of fused-ring (bicyclic) bond motifs is 1. The summed E-state index contributed by atoms with van der Waals surface area (Å²) in [6.45, 7) is 0. The molecule has 0 spiro atoms. The number of hydrogen-bond acceptors (Lipinski definition) is 4. The molecule has 6 rings (SSSR count). The van der Waals surface area contributed by atoms with Crippen LogP contribution in [0.3, 0.4) is 0 Å². The number of aromatic hydroxyl groups is 1. The first-order valence-electron chi connectivity index (χ1n) is 11.0. The number of aromatic nitrogens is 2. The van der Waals surface area contributed by atoms with Crippen molar-refractivity contribution < 1.29 is 26.2 Å². The molecule has 2 heterocycles. The monoisotopic (exact) mass is 650 g/mol. The minimum atomic E-state index is 0. The van der Waals surface area contributed by atoms with Gasteiger partial charge in [-0.15, -0.1) is 35.1 Å². The van der Waals surface area contributed by atoms with Crippen molar-refractivity contribution in [3.8, 4) is 49.8 Å². The largest absolute Gasteiger partial charge is 0.507 e. The fraction of sp³-hybridized carbons (Fsp3) is 0. The van der Waals surface area contributed by atoms with Gasteiger partial charge in [-0.05, 0) is 29.8 Å². The van der Waals surface area contributed by atoms with Crippen molar-refractivity contribution in [2.45, 2.75) is 0 Å². The topological polar surface area (TPSA) is 46.0 Å². The van der Waals surface area contributed by atoms with Gasteiger partial charge in [0.05, 0.1) is 11.1 Å². The van der Waals surface area contributed by atoms with Gasteiger partial charge in [0.25, 0.3) is 0 Å². The second kappa shape index (κ2) is 9.95. The maximum Gasteiger partial charge on any atom is 0.127 e. The molecular formula is C30H19N2OPtS-. The Bertz CT molecular complexity index is 1560. The number of benzene rings is 4. The predicted molar refractivity (Wildman–Crippen MR) is 140 cm³/mol. The summed E-state index contributed by atoms with van der Waals surface area (Å²) in [5.41, 5.74) is 7.66. The average molecular weight is 651 g/mol. The summed E-state index contributed by atoms with van der Waals surface area (Å²) >= 11 is 1.58. The fourth-order valence-corrected chi connectivity index (χ4v) is 5.13. The quantitative estimate of drug-likeness (QED) is 0.198. The normalized spacial score (nSPS) is 10.7. The van der Waals surface area contributed by atoms with Gasteiger partial charge in [-0.2, -0.15) is 0 Å². The van der Waals surface area contributed by atoms with Crippen molar-refractivity contribution in [1.29, 1.82) is 0 Å². The van der Waals surface area contributed by atoms with Crippen LogP contribution in [-0.2, 0) is 21.1 Å². The first-order chi connectivity index (χ1) is 16.8. The van der Waals surface area contributed by atoms with Crippen LogP contribution in [0.25, 0.3) is 54.3 Å². The molecule has 5 heteroatoms. The summed E-state index contributed by atoms with van der Waals surface area (Å²) in [4.78, 5) is 9.51. The Morgan fingerprint density at radius 3 is 2.23 bits per heavy atom. The molecule has 0 fully saturated rings. The third kappa shape index (κ3) is 4.55. The molecule has 0 aliphatic heterocycles. The maximum atomic E-state index is 10.4. The van der Waals surface area contributed by atoms with Crippen LogP contribution in [-0.4, -0.2) is 15.1 Å². The molecule has 0 saturated heterocycles. The Kier molecular flexibility index (Phi) is 6.59. The summed E-state index contributed by atoms with van der Waals surface area (Å²) < 4.78 is 1.06. The van der Waals surface area contributed by atoms with Crippen LogP contribution < -0.4 is 0 Å². The van der Waals surface area contributed by atoms with E-state index < -0.39 is 0 Å². The van der Waals surface area contributed by atoms with Gasteiger partial charge in [0, 0.05) is 37.7 Å². The van der Waals surface area contributed by atoms with Crippen molar-refractivity contribution in [3.05, 3.63) is 115 Å². The number of hydrogen-bond donors (Lipinski definition) is 1. The molecule has 0 atom stereocenters. The van der Waals surface area contributed by atoms with E-state index in [9.17, 15) is 5.11 Å². The average Bonchev–Trinajstić information content (AvgIpc) is 3.34. The van der Waals surface area contributed by atoms with Gasteiger partial charge >= 0.3 is 0 Å². The van der Waals surface area contributed by atoms with Crippen LogP contribution in [0.1, 0.15) is 0 Å². The molecule has 3 nitrogen and oxygen atoms in total. The SMILES string of the molecule is Oc1ccccc1-c1nc2c(-c3[c-]c(-c4ccccn4)cc(-c4ccccc4)c3)cccc2s1.[Pt]. The summed E-state index contributed by atoms with van der Waals surface area (Å²) in [5.74, 6) is 0.234. The fourth-order valence-electron chi connectivity index (χ4n) is 4.11. The smallest absolute Gasteiger partial charge is 0.127 e. The Hall–Kier alpha value is -3.59. The van der Waals surface area contributed by atoms with E-state index in [4.69, 9.17) is 4.98 Å². The number of phenols is 1. The molecule has 0 saturated carbocycles. The zero-order chi connectivity index (χ0) is 22.9. The first-order valence-corrected chi connectivity index (χ1v) is 11.8. The standard InChI is InChI=1S/C30H19N2OS.Pt/c33-27-14-5-4-11-25(27)30-32-29-24(12-8-15-28(29)34-30)22-17-21(20-9-2-1-3-10-20)18-23(19-22)26-13-6-7-16-31-26;/h1-18,33H;/q-1;. The van der Waals surface area contributed by atoms with Crippen molar-refractivity contribution in [3.63, 3.8) is 0 Å². The van der Waals surface area contributed by atoms with Crippen LogP contribution in [0, 0.1) is 6.07 Å². The van der Waals surface area contributed by atoms with E-state index in [0.29, 0.717) is 0 Å². The van der Waals surface area contributed by atoms with E-state index in [0.717, 1.165) is 54.3 Å². The molecule has 0 bridgehead atoms. The molecule has 0 unspecified atom stereocenters. The van der Waals surface area contributed by atoms with Crippen LogP contribution in [0.4, 0.5) is 0 Å². The Morgan fingerprint density at radius 1 is 0.686 bits per heavy atom. The summed E-state index contributed by atoms with van der Waals surface area (Å²) in [5, 5.41) is 11.1. The third-order valence-corrected chi connectivity index (χ3v) is 6.81. The van der Waals surface area contributed by atoms with Gasteiger partial charge in [-0.25, -0.2) is 4.98 Å². The van der Waals surface area contributed by atoms with Gasteiger partial charge in [-0.1, -0.05) is 83.4 Å². The number of para-hydroxylation sites is 2. The van der Waals surface area contributed by atoms with Crippen molar-refractivity contribution in [1.82, 2.24) is 9.97 Å². The Balaban J connectivity index is 0.00000253. The van der Waals surface area contributed by atoms with Gasteiger partial charge < -0.3 is 5.11 Å². The molecule has 2 aromatic heterocycles. The minimum Gasteiger partial charge on any atom is -0.507 e. The Labute approximate surface area is 222 Å². The van der Waals surface area contributed by atoms with E-state index in [-0.39, 0.29) is 26.8 Å². The molecule has 0 radical (unpaired) electrons. The van der Waals surface area contributed by atoms with Gasteiger partial charge in [-0.3, -0.25) is 4.98 Å². The van der Waals surface area contributed by atoms with Crippen LogP contribution in [0.15, 0.2) is 109 Å². The van der Waals surface area contributed by atoms with Crippen LogP contribution >= 0.6 is 11.3 Å². The zero-order valence-corrected chi connectivity index (χ0v) is 21.5. The summed E-state index contributed by atoms with van der Waals surface area (Å²) in [6, 6.07) is 37.7. The van der Waals surface area contributed by atoms with Gasteiger partial charge in [0.2, 0.25) is 0 Å². The number of nitrogens with zero attached hydrogens (tertiary/aromatic N) is 2. The van der Waals surface area contributed by atoms with Crippen LogP contribution in [0.2, 0.25) is 0 Å². The second-order valence-corrected chi connectivity index (χ2v) is 9.00. The molecule has 0 amide bonds. The van der Waals surface area contributed by atoms with E-state index in [1.165, 1.54) is 0 Å². The van der Waals surface area contributed by atoms with Gasteiger partial charge in [0.1, 0.15) is 10.8 Å².